The number of hydrogen-bond donors (Lipinski definition) is 0. The first kappa shape index (κ1) is 36.6. The number of fused-ring (bicyclic) bond motifs is 2. The van der Waals surface area contributed by atoms with Gasteiger partial charge in [0.05, 0.1) is 30.8 Å². The molecule has 7 nitrogen and oxygen atoms in total. The third-order valence-electron chi connectivity index (χ3n) is 8.89. The summed E-state index contributed by atoms with van der Waals surface area (Å²) < 4.78 is 48.2. The molecule has 7 rings (SSSR count). The summed E-state index contributed by atoms with van der Waals surface area (Å²) in [6.07, 6.45) is 0.153. The maximum absolute atomic E-state index is 12.5. The Morgan fingerprint density at radius 1 is 0.667 bits per heavy atom. The number of rotatable bonds is 11. The van der Waals surface area contributed by atoms with E-state index in [1.54, 1.807) is 50.2 Å². The number of anilines is 5. The van der Waals surface area contributed by atoms with E-state index in [4.69, 9.17) is 9.47 Å². The Kier molecular flexibility index (Phi) is 11.5. The van der Waals surface area contributed by atoms with Crippen molar-refractivity contribution >= 4 is 50.3 Å². The van der Waals surface area contributed by atoms with E-state index in [2.05, 4.69) is 52.3 Å². The molecule has 0 spiro atoms. The van der Waals surface area contributed by atoms with Crippen LogP contribution < -0.4 is 48.8 Å². The molecule has 0 N–H and O–H groups in total. The van der Waals surface area contributed by atoms with Crippen LogP contribution in [0.1, 0.15) is 17.2 Å². The van der Waals surface area contributed by atoms with Gasteiger partial charge in [0.15, 0.2) is 0 Å². The van der Waals surface area contributed by atoms with Gasteiger partial charge in [0.2, 0.25) is 0 Å². The van der Waals surface area contributed by atoms with Gasteiger partial charge >= 0.3 is 29.6 Å². The van der Waals surface area contributed by atoms with E-state index >= 15 is 0 Å². The number of benzene rings is 6. The van der Waals surface area contributed by atoms with Gasteiger partial charge in [0, 0.05) is 33.4 Å². The molecule has 0 saturated heterocycles. The van der Waals surface area contributed by atoms with Crippen LogP contribution in [0.3, 0.4) is 0 Å². The molecule has 0 bridgehead atoms. The quantitative estimate of drug-likeness (QED) is 0.103. The third-order valence-corrected chi connectivity index (χ3v) is 11.3. The molecule has 10 heteroatoms. The molecular weight excluding hydrogens is 688 g/mol. The average Bonchev–Trinajstić information content (AvgIpc) is 3.15. The molecule has 6 aromatic rings. The number of nitrogens with zero attached hydrogens (tertiary/aromatic N) is 2. The van der Waals surface area contributed by atoms with Crippen molar-refractivity contribution in [3.63, 3.8) is 0 Å². The zero-order valence-corrected chi connectivity index (χ0v) is 32.2. The van der Waals surface area contributed by atoms with Crippen molar-refractivity contribution in [1.82, 2.24) is 0 Å². The summed E-state index contributed by atoms with van der Waals surface area (Å²) in [6.45, 7) is 0.354. The van der Waals surface area contributed by atoms with Gasteiger partial charge in [-0.15, -0.1) is 0 Å². The van der Waals surface area contributed by atoms with Gasteiger partial charge in [-0.2, -0.15) is 0 Å². The van der Waals surface area contributed by atoms with Crippen LogP contribution in [0.4, 0.5) is 28.4 Å². The van der Waals surface area contributed by atoms with Crippen LogP contribution in [-0.2, 0) is 10.1 Å². The number of para-hydroxylation sites is 1. The summed E-state index contributed by atoms with van der Waals surface area (Å²) in [7, 11) is -1.26. The normalized spacial score (nSPS) is 12.6. The smallest absolute Gasteiger partial charge is 0.747 e. The number of ether oxygens (including phenoxy) is 2. The maximum atomic E-state index is 12.5. The fourth-order valence-electron chi connectivity index (χ4n) is 6.41. The van der Waals surface area contributed by atoms with E-state index in [1.165, 1.54) is 0 Å². The number of methoxy groups -OCH3 is 2. The summed E-state index contributed by atoms with van der Waals surface area (Å²) in [5.41, 5.74) is 7.54. The van der Waals surface area contributed by atoms with Crippen molar-refractivity contribution in [2.24, 2.45) is 0 Å². The topological polar surface area (TPSA) is 82.1 Å². The van der Waals surface area contributed by atoms with Crippen LogP contribution in [0, 0.1) is 0 Å². The predicted octanol–water partition coefficient (Wildman–Crippen LogP) is 7.12. The second-order valence-corrected chi connectivity index (χ2v) is 14.4. The fourth-order valence-corrected chi connectivity index (χ4v) is 8.52. The first-order valence-corrected chi connectivity index (χ1v) is 18.5. The van der Waals surface area contributed by atoms with E-state index < -0.39 is 15.4 Å². The van der Waals surface area contributed by atoms with Crippen LogP contribution in [0.15, 0.2) is 155 Å². The Bertz CT molecular complexity index is 2150. The summed E-state index contributed by atoms with van der Waals surface area (Å²) in [5, 5.41) is -1.15. The fraction of sp³-hybridized carbons (Fsp3) is 0.122. The molecule has 6 aromatic carbocycles. The minimum Gasteiger partial charge on any atom is -0.747 e. The van der Waals surface area contributed by atoms with Crippen molar-refractivity contribution in [2.45, 2.75) is 21.5 Å². The molecule has 0 radical (unpaired) electrons. The molecule has 51 heavy (non-hydrogen) atoms. The van der Waals surface area contributed by atoms with Gasteiger partial charge in [-0.3, -0.25) is 0 Å². The maximum Gasteiger partial charge on any atom is 1.00 e. The Hall–Kier alpha value is -4.22. The molecular formula is C41H35N2NaO5S2. The van der Waals surface area contributed by atoms with E-state index in [1.807, 2.05) is 78.9 Å². The van der Waals surface area contributed by atoms with Crippen molar-refractivity contribution in [2.75, 3.05) is 30.6 Å². The molecule has 1 aliphatic heterocycles. The summed E-state index contributed by atoms with van der Waals surface area (Å²) in [5.74, 6) is 1.57. The molecule has 1 atom stereocenters. The minimum absolute atomic E-state index is 0. The van der Waals surface area contributed by atoms with E-state index in [-0.39, 0.29) is 36.0 Å². The van der Waals surface area contributed by atoms with Gasteiger partial charge in [0.1, 0.15) is 21.6 Å². The molecule has 1 aliphatic rings. The van der Waals surface area contributed by atoms with Gasteiger partial charge in [-0.25, -0.2) is 8.42 Å². The Morgan fingerprint density at radius 2 is 1.20 bits per heavy atom. The summed E-state index contributed by atoms with van der Waals surface area (Å²) in [4.78, 5) is 6.47. The van der Waals surface area contributed by atoms with Crippen LogP contribution in [0.25, 0.3) is 11.1 Å². The Balaban J connectivity index is 0.00000448. The monoisotopic (exact) mass is 722 g/mol. The van der Waals surface area contributed by atoms with Gasteiger partial charge in [0.25, 0.3) is 0 Å². The van der Waals surface area contributed by atoms with Crippen molar-refractivity contribution < 1.29 is 52.0 Å². The predicted molar refractivity (Wildman–Crippen MR) is 201 cm³/mol. The largest absolute Gasteiger partial charge is 1.00 e. The van der Waals surface area contributed by atoms with Crippen LogP contribution in [0.2, 0.25) is 0 Å². The van der Waals surface area contributed by atoms with E-state index in [0.717, 1.165) is 60.9 Å². The Morgan fingerprint density at radius 3 is 1.76 bits per heavy atom. The van der Waals surface area contributed by atoms with Gasteiger partial charge in [-0.05, 0) is 102 Å². The molecule has 1 heterocycles. The van der Waals surface area contributed by atoms with Crippen molar-refractivity contribution in [3.8, 4) is 22.6 Å². The van der Waals surface area contributed by atoms with Crippen LogP contribution in [0.5, 0.6) is 11.5 Å². The third kappa shape index (κ3) is 7.84. The molecule has 0 aliphatic carbocycles. The molecule has 0 aromatic heterocycles. The second kappa shape index (κ2) is 16.0. The number of hydrogen-bond acceptors (Lipinski definition) is 8. The van der Waals surface area contributed by atoms with E-state index in [9.17, 15) is 13.0 Å². The molecule has 1 unspecified atom stereocenters. The van der Waals surface area contributed by atoms with Crippen molar-refractivity contribution in [1.29, 1.82) is 0 Å². The van der Waals surface area contributed by atoms with Crippen LogP contribution >= 0.6 is 11.8 Å². The van der Waals surface area contributed by atoms with Gasteiger partial charge < -0.3 is 23.8 Å². The zero-order chi connectivity index (χ0) is 34.7. The standard InChI is InChI=1S/C41H36N2O5S2.Na/c1-47-34-23-19-32(20-24-34)43(33-21-25-35(48-2)26-22-33)31-17-15-29(16-18-31)36-11-8-13-38-41(36)49-39-14-7-6-12-37(39)42(38)28-27-40(50(44,45)46)30-9-4-3-5-10-30;/h3-26,40H,27-28H2,1-2H3,(H,44,45,46);/q;+1/p-1. The Labute approximate surface area is 325 Å². The zero-order valence-electron chi connectivity index (χ0n) is 28.6. The first-order chi connectivity index (χ1) is 24.3. The average molecular weight is 723 g/mol. The molecule has 252 valence electrons. The second-order valence-electron chi connectivity index (χ2n) is 11.8. The van der Waals surface area contributed by atoms with E-state index in [0.29, 0.717) is 12.1 Å². The summed E-state index contributed by atoms with van der Waals surface area (Å²) >= 11 is 1.70. The summed E-state index contributed by atoms with van der Waals surface area (Å²) in [6, 6.07) is 47.5. The molecule has 0 fully saturated rings. The van der Waals surface area contributed by atoms with Crippen molar-refractivity contribution in [3.05, 3.63) is 151 Å². The van der Waals surface area contributed by atoms with Crippen LogP contribution in [-0.4, -0.2) is 33.7 Å². The molecule has 0 saturated carbocycles. The minimum atomic E-state index is -4.58. The van der Waals surface area contributed by atoms with Gasteiger partial charge in [-0.1, -0.05) is 78.5 Å². The first-order valence-electron chi connectivity index (χ1n) is 16.2. The SMILES string of the molecule is COc1ccc(N(c2ccc(OC)cc2)c2ccc(-c3cccc4c3Sc3ccccc3N4CCC(c3ccccc3)S(=O)(=O)[O-])cc2)cc1.[Na+]. The molecule has 0 amide bonds.